The number of ether oxygens (including phenoxy) is 3. The molecule has 0 spiro atoms. The Morgan fingerprint density at radius 2 is 0.514 bits per heavy atom. The van der Waals surface area contributed by atoms with E-state index in [9.17, 15) is 14.4 Å². The SMILES string of the molecule is CCCCC/C=C\C/C=C\CCCCCCCCCCCC(=O)OC(COC(=O)CCCCCCCCCC/C=C\C/C=C\C/C=C\CCCCCCC)COC(=O)CCCCCCCCCCCC. The maximum absolute atomic E-state index is 12.9. The number of carbonyl (C=O) groups excluding carboxylic acids is 3. The highest BCUT2D eigenvalue weighted by atomic mass is 16.6. The lowest BCUT2D eigenvalue weighted by Crippen LogP contribution is -2.30. The molecule has 0 radical (unpaired) electrons. The molecule has 6 heteroatoms. The van der Waals surface area contributed by atoms with Crippen molar-refractivity contribution >= 4 is 17.9 Å². The molecule has 0 saturated carbocycles. The van der Waals surface area contributed by atoms with Gasteiger partial charge in [0.05, 0.1) is 0 Å². The number of unbranched alkanes of at least 4 members (excludes halogenated alkanes) is 34. The second-order valence-corrected chi connectivity index (χ2v) is 20.3. The molecule has 0 aromatic rings. The Balaban J connectivity index is 4.28. The van der Waals surface area contributed by atoms with E-state index in [0.29, 0.717) is 19.3 Å². The van der Waals surface area contributed by atoms with E-state index < -0.39 is 6.10 Å². The maximum atomic E-state index is 12.9. The van der Waals surface area contributed by atoms with E-state index in [-0.39, 0.29) is 31.1 Å². The molecule has 0 aromatic carbocycles. The first-order valence-electron chi connectivity index (χ1n) is 30.3. The highest BCUT2D eigenvalue weighted by Gasteiger charge is 2.19. The molecule has 0 aliphatic carbocycles. The van der Waals surface area contributed by atoms with Crippen LogP contribution in [0.1, 0.15) is 310 Å². The summed E-state index contributed by atoms with van der Waals surface area (Å²) in [6.45, 7) is 6.61. The van der Waals surface area contributed by atoms with Crippen LogP contribution in [0.5, 0.6) is 0 Å². The van der Waals surface area contributed by atoms with Gasteiger partial charge in [-0.25, -0.2) is 0 Å². The Morgan fingerprint density at radius 1 is 0.286 bits per heavy atom. The van der Waals surface area contributed by atoms with Gasteiger partial charge in [-0.2, -0.15) is 0 Å². The van der Waals surface area contributed by atoms with Gasteiger partial charge in [-0.15, -0.1) is 0 Å². The average molecular weight is 980 g/mol. The summed E-state index contributed by atoms with van der Waals surface area (Å²) >= 11 is 0. The van der Waals surface area contributed by atoms with Crippen LogP contribution in [0, 0.1) is 0 Å². The van der Waals surface area contributed by atoms with Crippen molar-refractivity contribution in [3.05, 3.63) is 60.8 Å². The van der Waals surface area contributed by atoms with Crippen LogP contribution in [-0.4, -0.2) is 37.2 Å². The fraction of sp³-hybridized carbons (Fsp3) is 0.797. The van der Waals surface area contributed by atoms with Gasteiger partial charge in [0.25, 0.3) is 0 Å². The number of hydrogen-bond donors (Lipinski definition) is 0. The molecule has 0 saturated heterocycles. The molecule has 0 N–H and O–H groups in total. The molecule has 1 unspecified atom stereocenters. The molecule has 0 rings (SSSR count). The van der Waals surface area contributed by atoms with Crippen LogP contribution >= 0.6 is 0 Å². The third-order valence-electron chi connectivity index (χ3n) is 13.2. The highest BCUT2D eigenvalue weighted by molar-refractivity contribution is 5.71. The molecule has 0 fully saturated rings. The normalized spacial score (nSPS) is 12.4. The Labute approximate surface area is 434 Å². The molecule has 0 aromatic heterocycles. The third kappa shape index (κ3) is 56.0. The van der Waals surface area contributed by atoms with Crippen molar-refractivity contribution in [2.45, 2.75) is 316 Å². The lowest BCUT2D eigenvalue weighted by molar-refractivity contribution is -0.167. The molecular formula is C64H114O6. The van der Waals surface area contributed by atoms with E-state index in [4.69, 9.17) is 14.2 Å². The van der Waals surface area contributed by atoms with Gasteiger partial charge < -0.3 is 14.2 Å². The summed E-state index contributed by atoms with van der Waals surface area (Å²) < 4.78 is 16.9. The first-order chi connectivity index (χ1) is 34.5. The predicted octanol–water partition coefficient (Wildman–Crippen LogP) is 20.4. The number of carbonyl (C=O) groups is 3. The van der Waals surface area contributed by atoms with Gasteiger partial charge in [-0.3, -0.25) is 14.4 Å². The molecule has 0 bridgehead atoms. The van der Waals surface area contributed by atoms with Crippen LogP contribution in [0.3, 0.4) is 0 Å². The van der Waals surface area contributed by atoms with Gasteiger partial charge in [-0.05, 0) is 89.9 Å². The zero-order valence-corrected chi connectivity index (χ0v) is 46.5. The summed E-state index contributed by atoms with van der Waals surface area (Å²) in [5.74, 6) is -0.876. The minimum Gasteiger partial charge on any atom is -0.462 e. The zero-order valence-electron chi connectivity index (χ0n) is 46.5. The van der Waals surface area contributed by atoms with Crippen LogP contribution in [0.2, 0.25) is 0 Å². The molecule has 0 aliphatic heterocycles. The Morgan fingerprint density at radius 3 is 0.829 bits per heavy atom. The molecule has 406 valence electrons. The lowest BCUT2D eigenvalue weighted by atomic mass is 10.1. The standard InChI is InChI=1S/C64H114O6/c1-4-7-10-13-16-19-22-24-26-28-30-31-32-33-35-36-38-40-42-45-48-51-54-57-63(66)69-60-61(59-68-62(65)56-53-50-47-44-21-18-15-12-9-6-3)70-64(67)58-55-52-49-46-43-41-39-37-34-29-27-25-23-20-17-14-11-8-5-2/h17,20,22,24-25,27-28,30,32-33,61H,4-16,18-19,21,23,26,29,31,34-60H2,1-3H3/b20-17-,24-22-,27-25-,30-28-,33-32-. The van der Waals surface area contributed by atoms with Crippen LogP contribution in [0.25, 0.3) is 0 Å². The second-order valence-electron chi connectivity index (χ2n) is 20.3. The Kier molecular flexibility index (Phi) is 56.3. The van der Waals surface area contributed by atoms with Crippen molar-refractivity contribution < 1.29 is 28.6 Å². The van der Waals surface area contributed by atoms with Crippen molar-refractivity contribution in [1.29, 1.82) is 0 Å². The number of rotatable bonds is 55. The van der Waals surface area contributed by atoms with Crippen LogP contribution < -0.4 is 0 Å². The summed E-state index contributed by atoms with van der Waals surface area (Å²) in [6.07, 6.45) is 73.6. The fourth-order valence-corrected chi connectivity index (χ4v) is 8.66. The maximum Gasteiger partial charge on any atom is 0.306 e. The number of hydrogen-bond acceptors (Lipinski definition) is 6. The van der Waals surface area contributed by atoms with Crippen molar-refractivity contribution in [3.8, 4) is 0 Å². The topological polar surface area (TPSA) is 78.9 Å². The number of esters is 3. The molecular weight excluding hydrogens is 865 g/mol. The van der Waals surface area contributed by atoms with E-state index in [1.165, 1.54) is 186 Å². The van der Waals surface area contributed by atoms with Crippen LogP contribution in [-0.2, 0) is 28.6 Å². The van der Waals surface area contributed by atoms with Crippen molar-refractivity contribution in [3.63, 3.8) is 0 Å². The smallest absolute Gasteiger partial charge is 0.306 e. The highest BCUT2D eigenvalue weighted by Crippen LogP contribution is 2.16. The van der Waals surface area contributed by atoms with Gasteiger partial charge >= 0.3 is 17.9 Å². The third-order valence-corrected chi connectivity index (χ3v) is 13.2. The molecule has 6 nitrogen and oxygen atoms in total. The van der Waals surface area contributed by atoms with E-state index in [2.05, 4.69) is 81.5 Å². The van der Waals surface area contributed by atoms with Crippen molar-refractivity contribution in [2.24, 2.45) is 0 Å². The zero-order chi connectivity index (χ0) is 50.7. The van der Waals surface area contributed by atoms with Crippen molar-refractivity contribution in [1.82, 2.24) is 0 Å². The lowest BCUT2D eigenvalue weighted by Gasteiger charge is -2.18. The number of allylic oxidation sites excluding steroid dienone is 10. The van der Waals surface area contributed by atoms with E-state index in [0.717, 1.165) is 83.5 Å². The molecule has 0 aliphatic rings. The van der Waals surface area contributed by atoms with Gasteiger partial charge in [-0.1, -0.05) is 261 Å². The Bertz CT molecular complexity index is 1260. The first kappa shape index (κ1) is 67.1. The summed E-state index contributed by atoms with van der Waals surface area (Å²) in [5, 5.41) is 0. The minimum atomic E-state index is -0.778. The minimum absolute atomic E-state index is 0.0759. The molecule has 1 atom stereocenters. The molecule has 70 heavy (non-hydrogen) atoms. The second kappa shape index (κ2) is 58.7. The van der Waals surface area contributed by atoms with Gasteiger partial charge in [0.1, 0.15) is 13.2 Å². The van der Waals surface area contributed by atoms with Gasteiger partial charge in [0.15, 0.2) is 6.10 Å². The predicted molar refractivity (Wildman–Crippen MR) is 302 cm³/mol. The van der Waals surface area contributed by atoms with Gasteiger partial charge in [0.2, 0.25) is 0 Å². The quantitative estimate of drug-likeness (QED) is 0.0261. The van der Waals surface area contributed by atoms with Crippen molar-refractivity contribution in [2.75, 3.05) is 13.2 Å². The van der Waals surface area contributed by atoms with Crippen LogP contribution in [0.15, 0.2) is 60.8 Å². The fourth-order valence-electron chi connectivity index (χ4n) is 8.66. The van der Waals surface area contributed by atoms with Gasteiger partial charge in [0, 0.05) is 19.3 Å². The monoisotopic (exact) mass is 979 g/mol. The van der Waals surface area contributed by atoms with Crippen LogP contribution in [0.4, 0.5) is 0 Å². The summed E-state index contributed by atoms with van der Waals surface area (Å²) in [6, 6.07) is 0. The summed E-state index contributed by atoms with van der Waals surface area (Å²) in [7, 11) is 0. The largest absolute Gasteiger partial charge is 0.462 e. The summed E-state index contributed by atoms with van der Waals surface area (Å²) in [4.78, 5) is 38.1. The Hall–Kier alpha value is -2.89. The summed E-state index contributed by atoms with van der Waals surface area (Å²) in [5.41, 5.74) is 0. The average Bonchev–Trinajstić information content (AvgIpc) is 3.36. The van der Waals surface area contributed by atoms with E-state index in [1.54, 1.807) is 0 Å². The molecule has 0 heterocycles. The van der Waals surface area contributed by atoms with E-state index >= 15 is 0 Å². The first-order valence-corrected chi connectivity index (χ1v) is 30.3. The van der Waals surface area contributed by atoms with E-state index in [1.807, 2.05) is 0 Å². The molecule has 0 amide bonds.